The van der Waals surface area contributed by atoms with E-state index in [0.717, 1.165) is 19.7 Å². The summed E-state index contributed by atoms with van der Waals surface area (Å²) in [6.45, 7) is 3.10. The summed E-state index contributed by atoms with van der Waals surface area (Å²) in [4.78, 5) is 3.03. The smallest absolute Gasteiger partial charge is 0.167 e. The van der Waals surface area contributed by atoms with E-state index in [4.69, 9.17) is 4.74 Å². The monoisotopic (exact) mass is 194 g/mol. The topological polar surface area (TPSA) is 40.0 Å². The summed E-state index contributed by atoms with van der Waals surface area (Å²) >= 11 is 0. The molecule has 3 N–H and O–H groups in total. The number of hydrogen-bond acceptors (Lipinski definition) is 1. The molecule has 3 heteroatoms. The maximum atomic E-state index is 5.55. The fourth-order valence-electron chi connectivity index (χ4n) is 1.82. The van der Waals surface area contributed by atoms with Gasteiger partial charge in [0.2, 0.25) is 0 Å². The lowest BCUT2D eigenvalue weighted by molar-refractivity contribution is -0.676. The number of H-pyrrole nitrogens is 1. The van der Waals surface area contributed by atoms with Crippen LogP contribution in [0.5, 0.6) is 0 Å². The van der Waals surface area contributed by atoms with Gasteiger partial charge in [0, 0.05) is 24.3 Å². The predicted octanol–water partition coefficient (Wildman–Crippen LogP) is -0.257. The van der Waals surface area contributed by atoms with Crippen molar-refractivity contribution in [2.45, 2.75) is 25.5 Å². The molecule has 1 saturated heterocycles. The summed E-state index contributed by atoms with van der Waals surface area (Å²) in [6, 6.07) is 4.23. The SMILES string of the molecule is c1cc(C[NH2+]CC2CCCO2)cc[nH+]1. The van der Waals surface area contributed by atoms with Crippen LogP contribution in [0.15, 0.2) is 24.5 Å². The molecule has 3 nitrogen and oxygen atoms in total. The number of rotatable bonds is 4. The number of nitrogens with one attached hydrogen (secondary N) is 1. The van der Waals surface area contributed by atoms with Crippen molar-refractivity contribution in [2.24, 2.45) is 0 Å². The molecule has 76 valence electrons. The molecule has 0 bridgehead atoms. The van der Waals surface area contributed by atoms with Crippen LogP contribution < -0.4 is 10.3 Å². The van der Waals surface area contributed by atoms with Crippen molar-refractivity contribution in [3.8, 4) is 0 Å². The molecule has 1 aromatic heterocycles. The van der Waals surface area contributed by atoms with Crippen LogP contribution in [-0.2, 0) is 11.3 Å². The van der Waals surface area contributed by atoms with E-state index < -0.39 is 0 Å². The van der Waals surface area contributed by atoms with Gasteiger partial charge in [-0.25, -0.2) is 4.98 Å². The molecule has 1 aromatic rings. The van der Waals surface area contributed by atoms with Crippen molar-refractivity contribution in [1.82, 2.24) is 0 Å². The Labute approximate surface area is 84.5 Å². The Morgan fingerprint density at radius 1 is 1.43 bits per heavy atom. The Bertz CT molecular complexity index is 257. The number of quaternary nitrogens is 1. The van der Waals surface area contributed by atoms with E-state index >= 15 is 0 Å². The minimum atomic E-state index is 0.491. The summed E-state index contributed by atoms with van der Waals surface area (Å²) in [5, 5.41) is 2.32. The first kappa shape index (κ1) is 9.62. The Morgan fingerprint density at radius 2 is 2.29 bits per heavy atom. The highest BCUT2D eigenvalue weighted by molar-refractivity contribution is 5.04. The van der Waals surface area contributed by atoms with Gasteiger partial charge in [-0.15, -0.1) is 0 Å². The van der Waals surface area contributed by atoms with E-state index in [-0.39, 0.29) is 0 Å². The highest BCUT2D eigenvalue weighted by Gasteiger charge is 2.16. The summed E-state index contributed by atoms with van der Waals surface area (Å²) in [5.74, 6) is 0. The highest BCUT2D eigenvalue weighted by atomic mass is 16.5. The maximum absolute atomic E-state index is 5.55. The second-order valence-electron chi connectivity index (χ2n) is 3.77. The van der Waals surface area contributed by atoms with Crippen LogP contribution >= 0.6 is 0 Å². The molecular weight excluding hydrogens is 176 g/mol. The van der Waals surface area contributed by atoms with Crippen molar-refractivity contribution < 1.29 is 15.0 Å². The van der Waals surface area contributed by atoms with Gasteiger partial charge in [-0.2, -0.15) is 0 Å². The number of aromatic amines is 1. The molecule has 1 atom stereocenters. The van der Waals surface area contributed by atoms with Crippen molar-refractivity contribution in [3.63, 3.8) is 0 Å². The lowest BCUT2D eigenvalue weighted by atomic mass is 10.2. The number of hydrogen-bond donors (Lipinski definition) is 1. The summed E-state index contributed by atoms with van der Waals surface area (Å²) < 4.78 is 5.55. The fraction of sp³-hybridized carbons (Fsp3) is 0.545. The predicted molar refractivity (Wildman–Crippen MR) is 52.5 cm³/mol. The standard InChI is InChI=1S/C11H16N2O/c1-2-11(14-7-1)9-13-8-10-3-5-12-6-4-10/h3-6,11,13H,1-2,7-9H2/p+2. The molecule has 2 heterocycles. The summed E-state index contributed by atoms with van der Waals surface area (Å²) in [6.07, 6.45) is 6.90. The largest absolute Gasteiger partial charge is 0.372 e. The third kappa shape index (κ3) is 2.79. The third-order valence-corrected chi connectivity index (χ3v) is 2.62. The van der Waals surface area contributed by atoms with Gasteiger partial charge in [0.1, 0.15) is 19.2 Å². The van der Waals surface area contributed by atoms with Crippen LogP contribution in [0.3, 0.4) is 0 Å². The molecule has 0 aromatic carbocycles. The van der Waals surface area contributed by atoms with Gasteiger partial charge in [0.25, 0.3) is 0 Å². The molecule has 1 aliphatic heterocycles. The molecule has 0 radical (unpaired) electrons. The van der Waals surface area contributed by atoms with E-state index in [9.17, 15) is 0 Å². The van der Waals surface area contributed by atoms with E-state index in [1.807, 2.05) is 12.4 Å². The minimum absolute atomic E-state index is 0.491. The first-order valence-corrected chi connectivity index (χ1v) is 5.33. The number of pyridine rings is 1. The van der Waals surface area contributed by atoms with Crippen LogP contribution in [0.25, 0.3) is 0 Å². The van der Waals surface area contributed by atoms with E-state index in [1.54, 1.807) is 0 Å². The lowest BCUT2D eigenvalue weighted by Crippen LogP contribution is -2.84. The minimum Gasteiger partial charge on any atom is -0.372 e. The Kier molecular flexibility index (Phi) is 3.49. The number of ether oxygens (including phenoxy) is 1. The number of nitrogens with two attached hydrogens (primary N) is 1. The van der Waals surface area contributed by atoms with Crippen LogP contribution in [0.1, 0.15) is 18.4 Å². The molecule has 1 aliphatic rings. The Hall–Kier alpha value is -0.930. The maximum Gasteiger partial charge on any atom is 0.167 e. The molecule has 1 fully saturated rings. The van der Waals surface area contributed by atoms with E-state index in [2.05, 4.69) is 22.4 Å². The zero-order chi connectivity index (χ0) is 9.64. The zero-order valence-corrected chi connectivity index (χ0v) is 8.41. The van der Waals surface area contributed by atoms with Crippen molar-refractivity contribution in [2.75, 3.05) is 13.2 Å². The van der Waals surface area contributed by atoms with Gasteiger partial charge in [0.05, 0.1) is 0 Å². The van der Waals surface area contributed by atoms with Crippen LogP contribution in [-0.4, -0.2) is 19.3 Å². The van der Waals surface area contributed by atoms with Gasteiger partial charge >= 0.3 is 0 Å². The third-order valence-electron chi connectivity index (χ3n) is 2.62. The average molecular weight is 194 g/mol. The second kappa shape index (κ2) is 5.08. The normalized spacial score (nSPS) is 21.3. The summed E-state index contributed by atoms with van der Waals surface area (Å²) in [7, 11) is 0. The zero-order valence-electron chi connectivity index (χ0n) is 8.41. The molecular formula is C11H18N2O+2. The molecule has 14 heavy (non-hydrogen) atoms. The lowest BCUT2D eigenvalue weighted by Gasteiger charge is -2.07. The molecule has 1 unspecified atom stereocenters. The Morgan fingerprint density at radius 3 is 3.00 bits per heavy atom. The fourth-order valence-corrected chi connectivity index (χ4v) is 1.82. The van der Waals surface area contributed by atoms with E-state index in [0.29, 0.717) is 6.10 Å². The van der Waals surface area contributed by atoms with Gasteiger partial charge in [-0.1, -0.05) is 0 Å². The van der Waals surface area contributed by atoms with Gasteiger partial charge in [0.15, 0.2) is 12.4 Å². The number of aromatic nitrogens is 1. The molecule has 0 saturated carbocycles. The van der Waals surface area contributed by atoms with E-state index in [1.165, 1.54) is 18.4 Å². The molecule has 0 spiro atoms. The molecule has 0 aliphatic carbocycles. The van der Waals surface area contributed by atoms with Crippen molar-refractivity contribution in [3.05, 3.63) is 30.1 Å². The first-order valence-electron chi connectivity index (χ1n) is 5.33. The van der Waals surface area contributed by atoms with Gasteiger partial charge in [-0.05, 0) is 12.8 Å². The molecule has 0 amide bonds. The quantitative estimate of drug-likeness (QED) is 0.705. The average Bonchev–Trinajstić information content (AvgIpc) is 2.72. The molecule has 2 rings (SSSR count). The van der Waals surface area contributed by atoms with Crippen LogP contribution in [0.2, 0.25) is 0 Å². The highest BCUT2D eigenvalue weighted by Crippen LogP contribution is 2.09. The van der Waals surface area contributed by atoms with Crippen LogP contribution in [0, 0.1) is 0 Å². The van der Waals surface area contributed by atoms with Crippen molar-refractivity contribution in [1.29, 1.82) is 0 Å². The Balaban J connectivity index is 1.67. The van der Waals surface area contributed by atoms with Gasteiger partial charge in [-0.3, -0.25) is 0 Å². The van der Waals surface area contributed by atoms with Gasteiger partial charge < -0.3 is 10.1 Å². The first-order chi connectivity index (χ1) is 6.95. The van der Waals surface area contributed by atoms with Crippen LogP contribution in [0.4, 0.5) is 0 Å². The second-order valence-corrected chi connectivity index (χ2v) is 3.77. The van der Waals surface area contributed by atoms with Crippen molar-refractivity contribution >= 4 is 0 Å². The summed E-state index contributed by atoms with van der Waals surface area (Å²) in [5.41, 5.74) is 1.36.